The van der Waals surface area contributed by atoms with Crippen molar-refractivity contribution >= 4 is 17.7 Å². The number of aromatic nitrogens is 2. The van der Waals surface area contributed by atoms with Crippen molar-refractivity contribution in [1.29, 1.82) is 0 Å². The van der Waals surface area contributed by atoms with Crippen LogP contribution in [0.15, 0.2) is 46.0 Å². The van der Waals surface area contributed by atoms with Crippen molar-refractivity contribution in [3.05, 3.63) is 64.2 Å². The van der Waals surface area contributed by atoms with E-state index in [9.17, 15) is 4.79 Å². The van der Waals surface area contributed by atoms with Gasteiger partial charge in [-0.25, -0.2) is 0 Å². The number of rotatable bonds is 6. The Hall–Kier alpha value is -2.60. The van der Waals surface area contributed by atoms with Crippen LogP contribution < -0.4 is 5.32 Å². The number of carbonyl (C=O) groups excluding carboxylic acids is 1. The van der Waals surface area contributed by atoms with E-state index in [0.717, 1.165) is 28.7 Å². The molecule has 156 valence electrons. The molecule has 4 rings (SSSR count). The van der Waals surface area contributed by atoms with E-state index in [1.54, 1.807) is 0 Å². The van der Waals surface area contributed by atoms with Crippen molar-refractivity contribution in [1.82, 2.24) is 15.5 Å². The molecule has 1 amide bonds. The molecule has 0 bridgehead atoms. The van der Waals surface area contributed by atoms with Crippen molar-refractivity contribution < 1.29 is 9.21 Å². The van der Waals surface area contributed by atoms with Gasteiger partial charge >= 0.3 is 0 Å². The minimum atomic E-state index is -0.0450. The normalized spacial score (nSPS) is 14.2. The highest BCUT2D eigenvalue weighted by Gasteiger charge is 2.16. The quantitative estimate of drug-likeness (QED) is 0.554. The number of hydrogen-bond acceptors (Lipinski definition) is 5. The Morgan fingerprint density at radius 3 is 2.57 bits per heavy atom. The molecular weight excluding hydrogens is 394 g/mol. The molecule has 0 radical (unpaired) electrons. The summed E-state index contributed by atoms with van der Waals surface area (Å²) in [7, 11) is 0. The Morgan fingerprint density at radius 1 is 1.07 bits per heavy atom. The van der Waals surface area contributed by atoms with Crippen molar-refractivity contribution in [3.8, 4) is 11.5 Å². The summed E-state index contributed by atoms with van der Waals surface area (Å²) in [5, 5.41) is 11.7. The van der Waals surface area contributed by atoms with Gasteiger partial charge in [0.2, 0.25) is 11.8 Å². The molecule has 0 spiro atoms. The summed E-state index contributed by atoms with van der Waals surface area (Å²) in [6.07, 6.45) is 4.83. The molecule has 1 aromatic heterocycles. The van der Waals surface area contributed by atoms with Gasteiger partial charge in [-0.2, -0.15) is 0 Å². The van der Waals surface area contributed by atoms with Crippen LogP contribution in [0.2, 0.25) is 0 Å². The van der Waals surface area contributed by atoms with Crippen molar-refractivity contribution in [3.63, 3.8) is 0 Å². The van der Waals surface area contributed by atoms with E-state index in [-0.39, 0.29) is 17.7 Å². The molecular formula is C24H27N3O2S. The maximum Gasteiger partial charge on any atom is 0.277 e. The molecule has 1 atom stereocenters. The Balaban J connectivity index is 1.33. The molecule has 5 nitrogen and oxygen atoms in total. The van der Waals surface area contributed by atoms with Crippen LogP contribution in [0.3, 0.4) is 0 Å². The fourth-order valence-corrected chi connectivity index (χ4v) is 4.57. The van der Waals surface area contributed by atoms with Crippen LogP contribution >= 0.6 is 11.8 Å². The number of nitrogens with zero attached hydrogens (tertiary/aromatic N) is 2. The first kappa shape index (κ1) is 20.7. The van der Waals surface area contributed by atoms with E-state index < -0.39 is 0 Å². The molecule has 1 aliphatic rings. The largest absolute Gasteiger partial charge is 0.411 e. The average Bonchev–Trinajstić information content (AvgIpc) is 3.20. The van der Waals surface area contributed by atoms with Crippen molar-refractivity contribution in [2.75, 3.05) is 5.75 Å². The van der Waals surface area contributed by atoms with E-state index in [1.165, 1.54) is 42.2 Å². The summed E-state index contributed by atoms with van der Waals surface area (Å²) in [5.74, 6) is 0.674. The number of carbonyl (C=O) groups is 1. The predicted molar refractivity (Wildman–Crippen MR) is 120 cm³/mol. The van der Waals surface area contributed by atoms with Gasteiger partial charge in [-0.05, 0) is 75.3 Å². The molecule has 1 N–H and O–H groups in total. The SMILES string of the molecule is Cc1cc(C)cc(-c2nnc(SCC(=O)N[C@@H](C)c3ccc4c(c3)CCCC4)o2)c1. The van der Waals surface area contributed by atoms with Crippen LogP contribution in [-0.4, -0.2) is 21.9 Å². The maximum atomic E-state index is 12.4. The summed E-state index contributed by atoms with van der Waals surface area (Å²) in [6, 6.07) is 12.7. The summed E-state index contributed by atoms with van der Waals surface area (Å²) in [6.45, 7) is 6.10. The molecule has 6 heteroatoms. The van der Waals surface area contributed by atoms with Crippen LogP contribution in [0.1, 0.15) is 53.6 Å². The molecule has 0 saturated carbocycles. The lowest BCUT2D eigenvalue weighted by Crippen LogP contribution is -2.28. The van der Waals surface area contributed by atoms with Gasteiger partial charge in [-0.3, -0.25) is 4.79 Å². The Bertz CT molecular complexity index is 1040. The van der Waals surface area contributed by atoms with Gasteiger partial charge in [0.15, 0.2) is 0 Å². The predicted octanol–water partition coefficient (Wildman–Crippen LogP) is 5.20. The highest BCUT2D eigenvalue weighted by Crippen LogP contribution is 2.26. The fraction of sp³-hybridized carbons (Fsp3) is 0.375. The molecule has 0 aliphatic heterocycles. The lowest BCUT2D eigenvalue weighted by atomic mass is 9.89. The fourth-order valence-electron chi connectivity index (χ4n) is 4.00. The van der Waals surface area contributed by atoms with E-state index in [0.29, 0.717) is 11.1 Å². The van der Waals surface area contributed by atoms with Gasteiger partial charge in [-0.1, -0.05) is 47.2 Å². The second-order valence-electron chi connectivity index (χ2n) is 8.06. The van der Waals surface area contributed by atoms with Gasteiger partial charge in [0.05, 0.1) is 11.8 Å². The van der Waals surface area contributed by atoms with Crippen LogP contribution in [0, 0.1) is 13.8 Å². The highest BCUT2D eigenvalue weighted by atomic mass is 32.2. The number of aryl methyl sites for hydroxylation is 4. The summed E-state index contributed by atoms with van der Waals surface area (Å²) < 4.78 is 5.74. The van der Waals surface area contributed by atoms with Gasteiger partial charge in [0.1, 0.15) is 0 Å². The monoisotopic (exact) mass is 421 g/mol. The van der Waals surface area contributed by atoms with E-state index in [2.05, 4.69) is 39.8 Å². The molecule has 1 aliphatic carbocycles. The average molecular weight is 422 g/mol. The number of benzene rings is 2. The van der Waals surface area contributed by atoms with Gasteiger partial charge in [-0.15, -0.1) is 10.2 Å². The van der Waals surface area contributed by atoms with Crippen LogP contribution in [0.25, 0.3) is 11.5 Å². The number of thioether (sulfide) groups is 1. The van der Waals surface area contributed by atoms with Crippen LogP contribution in [-0.2, 0) is 17.6 Å². The molecule has 3 aromatic rings. The number of fused-ring (bicyclic) bond motifs is 1. The summed E-state index contributed by atoms with van der Waals surface area (Å²) in [4.78, 5) is 12.4. The van der Waals surface area contributed by atoms with Crippen LogP contribution in [0.5, 0.6) is 0 Å². The first-order valence-corrected chi connectivity index (χ1v) is 11.4. The molecule has 30 heavy (non-hydrogen) atoms. The lowest BCUT2D eigenvalue weighted by molar-refractivity contribution is -0.119. The summed E-state index contributed by atoms with van der Waals surface area (Å²) in [5.41, 5.74) is 7.23. The standard InChI is InChI=1S/C24H27N3O2S/c1-15-10-16(2)12-21(11-15)23-26-27-24(29-23)30-14-22(28)25-17(3)19-9-8-18-6-4-5-7-20(18)13-19/h8-13,17H,4-7,14H2,1-3H3,(H,25,28)/t17-/m0/s1. The van der Waals surface area contributed by atoms with Gasteiger partial charge < -0.3 is 9.73 Å². The molecule has 1 heterocycles. The zero-order valence-electron chi connectivity index (χ0n) is 17.7. The zero-order chi connectivity index (χ0) is 21.1. The summed E-state index contributed by atoms with van der Waals surface area (Å²) >= 11 is 1.26. The minimum absolute atomic E-state index is 0.0289. The zero-order valence-corrected chi connectivity index (χ0v) is 18.5. The topological polar surface area (TPSA) is 68.0 Å². The number of amides is 1. The molecule has 0 fully saturated rings. The highest BCUT2D eigenvalue weighted by molar-refractivity contribution is 7.99. The number of nitrogens with one attached hydrogen (secondary N) is 1. The molecule has 2 aromatic carbocycles. The van der Waals surface area contributed by atoms with E-state index in [1.807, 2.05) is 32.9 Å². The van der Waals surface area contributed by atoms with E-state index in [4.69, 9.17) is 4.42 Å². The Morgan fingerprint density at radius 2 is 1.80 bits per heavy atom. The second-order valence-corrected chi connectivity index (χ2v) is 8.99. The minimum Gasteiger partial charge on any atom is -0.411 e. The van der Waals surface area contributed by atoms with Crippen molar-refractivity contribution in [2.24, 2.45) is 0 Å². The first-order valence-electron chi connectivity index (χ1n) is 10.4. The van der Waals surface area contributed by atoms with Crippen molar-refractivity contribution in [2.45, 2.75) is 57.7 Å². The maximum absolute atomic E-state index is 12.4. The smallest absolute Gasteiger partial charge is 0.277 e. The van der Waals surface area contributed by atoms with Gasteiger partial charge in [0.25, 0.3) is 5.22 Å². The van der Waals surface area contributed by atoms with Crippen LogP contribution in [0.4, 0.5) is 0 Å². The third-order valence-corrected chi connectivity index (χ3v) is 6.27. The first-order chi connectivity index (χ1) is 14.5. The Labute approximate surface area is 181 Å². The van der Waals surface area contributed by atoms with Gasteiger partial charge in [0, 0.05) is 5.56 Å². The number of hydrogen-bond donors (Lipinski definition) is 1. The third-order valence-electron chi connectivity index (χ3n) is 5.45. The van der Waals surface area contributed by atoms with E-state index >= 15 is 0 Å². The lowest BCUT2D eigenvalue weighted by Gasteiger charge is -2.20. The second kappa shape index (κ2) is 9.04. The Kier molecular flexibility index (Phi) is 6.23. The molecule has 0 saturated heterocycles. The third kappa shape index (κ3) is 4.93. The molecule has 0 unspecified atom stereocenters.